The third-order valence-corrected chi connectivity index (χ3v) is 3.43. The summed E-state index contributed by atoms with van der Waals surface area (Å²) in [5.41, 5.74) is -1.26. The fourth-order valence-corrected chi connectivity index (χ4v) is 2.35. The molecule has 1 aliphatic rings. The van der Waals surface area contributed by atoms with Gasteiger partial charge in [0.2, 0.25) is 0 Å². The minimum atomic E-state index is -1.55. The van der Waals surface area contributed by atoms with E-state index in [0.717, 1.165) is 31.7 Å². The molecule has 0 bridgehead atoms. The first-order chi connectivity index (χ1) is 9.49. The van der Waals surface area contributed by atoms with Gasteiger partial charge >= 0.3 is 11.7 Å². The van der Waals surface area contributed by atoms with E-state index in [1.54, 1.807) is 0 Å². The van der Waals surface area contributed by atoms with E-state index < -0.39 is 28.0 Å². The van der Waals surface area contributed by atoms with Crippen molar-refractivity contribution in [1.82, 2.24) is 0 Å². The molecule has 1 aliphatic carbocycles. The molecular formula is C13H14FNO5. The number of halogens is 1. The van der Waals surface area contributed by atoms with Crippen LogP contribution >= 0.6 is 0 Å². The lowest BCUT2D eigenvalue weighted by molar-refractivity contribution is -0.386. The number of rotatable bonds is 5. The van der Waals surface area contributed by atoms with Crippen LogP contribution in [0, 0.1) is 21.8 Å². The summed E-state index contributed by atoms with van der Waals surface area (Å²) < 4.78 is 18.9. The first-order valence-electron chi connectivity index (χ1n) is 6.33. The molecule has 0 radical (unpaired) electrons. The summed E-state index contributed by atoms with van der Waals surface area (Å²) in [4.78, 5) is 20.9. The van der Waals surface area contributed by atoms with E-state index in [1.165, 1.54) is 0 Å². The van der Waals surface area contributed by atoms with Crippen molar-refractivity contribution < 1.29 is 24.0 Å². The van der Waals surface area contributed by atoms with Gasteiger partial charge in [-0.15, -0.1) is 0 Å². The van der Waals surface area contributed by atoms with E-state index in [0.29, 0.717) is 12.0 Å². The number of carboxylic acid groups (broad SMARTS) is 1. The van der Waals surface area contributed by atoms with Crippen LogP contribution in [0.3, 0.4) is 0 Å². The molecule has 108 valence electrons. The molecule has 1 fully saturated rings. The fourth-order valence-electron chi connectivity index (χ4n) is 2.35. The van der Waals surface area contributed by atoms with Crippen LogP contribution in [0.1, 0.15) is 36.0 Å². The number of aromatic carboxylic acids is 1. The normalized spacial score (nSPS) is 15.2. The minimum absolute atomic E-state index is 0.218. The second kappa shape index (κ2) is 5.85. The van der Waals surface area contributed by atoms with Crippen LogP contribution in [-0.2, 0) is 0 Å². The highest BCUT2D eigenvalue weighted by atomic mass is 19.1. The lowest BCUT2D eigenvalue weighted by atomic mass is 10.1. The Labute approximate surface area is 114 Å². The number of nitrogens with zero attached hydrogens (tertiary/aromatic N) is 1. The van der Waals surface area contributed by atoms with Crippen molar-refractivity contribution in [3.05, 3.63) is 33.6 Å². The van der Waals surface area contributed by atoms with Crippen molar-refractivity contribution in [1.29, 1.82) is 0 Å². The Hall–Kier alpha value is -2.18. The van der Waals surface area contributed by atoms with Crippen molar-refractivity contribution in [2.75, 3.05) is 6.61 Å². The van der Waals surface area contributed by atoms with E-state index in [1.807, 2.05) is 0 Å². The molecule has 1 saturated carbocycles. The Morgan fingerprint density at radius 3 is 2.65 bits per heavy atom. The third-order valence-electron chi connectivity index (χ3n) is 3.43. The number of hydrogen-bond donors (Lipinski definition) is 1. The molecule has 1 aromatic rings. The largest absolute Gasteiger partial charge is 0.486 e. The molecule has 7 heteroatoms. The van der Waals surface area contributed by atoms with Gasteiger partial charge in [0.1, 0.15) is 11.4 Å². The van der Waals surface area contributed by atoms with Crippen molar-refractivity contribution in [2.45, 2.75) is 25.7 Å². The van der Waals surface area contributed by atoms with Crippen LogP contribution in [0.4, 0.5) is 10.1 Å². The molecular weight excluding hydrogens is 269 g/mol. The summed E-state index contributed by atoms with van der Waals surface area (Å²) in [6, 6.07) is 1.47. The number of carbonyl (C=O) groups is 1. The van der Waals surface area contributed by atoms with Gasteiger partial charge < -0.3 is 9.84 Å². The van der Waals surface area contributed by atoms with Crippen LogP contribution in [0.2, 0.25) is 0 Å². The maximum atomic E-state index is 13.6. The second-order valence-corrected chi connectivity index (χ2v) is 4.82. The molecule has 20 heavy (non-hydrogen) atoms. The third kappa shape index (κ3) is 3.04. The predicted molar refractivity (Wildman–Crippen MR) is 67.5 cm³/mol. The highest BCUT2D eigenvalue weighted by Crippen LogP contribution is 2.32. The van der Waals surface area contributed by atoms with Gasteiger partial charge in [0.25, 0.3) is 0 Å². The van der Waals surface area contributed by atoms with E-state index in [-0.39, 0.29) is 12.4 Å². The molecule has 0 spiro atoms. The molecule has 2 rings (SSSR count). The predicted octanol–water partition coefficient (Wildman–Crippen LogP) is 3.00. The smallest absolute Gasteiger partial charge is 0.338 e. The van der Waals surface area contributed by atoms with E-state index >= 15 is 0 Å². The SMILES string of the molecule is O=C(O)c1cc([N+](=O)[O-])c(OCC2CCCC2)cc1F. The van der Waals surface area contributed by atoms with Gasteiger partial charge in [-0.2, -0.15) is 0 Å². The second-order valence-electron chi connectivity index (χ2n) is 4.82. The first kappa shape index (κ1) is 14.2. The molecule has 0 saturated heterocycles. The van der Waals surface area contributed by atoms with Crippen LogP contribution in [0.5, 0.6) is 5.75 Å². The van der Waals surface area contributed by atoms with Gasteiger partial charge in [0, 0.05) is 12.1 Å². The van der Waals surface area contributed by atoms with Gasteiger partial charge in [-0.3, -0.25) is 10.1 Å². The number of hydrogen-bond acceptors (Lipinski definition) is 4. The number of carboxylic acids is 1. The Morgan fingerprint density at radius 2 is 2.10 bits per heavy atom. The van der Waals surface area contributed by atoms with Crippen LogP contribution in [0.25, 0.3) is 0 Å². The number of nitro groups is 1. The number of benzene rings is 1. The van der Waals surface area contributed by atoms with Crippen molar-refractivity contribution in [2.24, 2.45) is 5.92 Å². The zero-order chi connectivity index (χ0) is 14.7. The summed E-state index contributed by atoms with van der Waals surface area (Å²) in [5, 5.41) is 19.7. The van der Waals surface area contributed by atoms with Gasteiger partial charge in [-0.25, -0.2) is 9.18 Å². The zero-order valence-electron chi connectivity index (χ0n) is 10.7. The highest BCUT2D eigenvalue weighted by Gasteiger charge is 2.24. The summed E-state index contributed by atoms with van der Waals surface area (Å²) >= 11 is 0. The Morgan fingerprint density at radius 1 is 1.45 bits per heavy atom. The van der Waals surface area contributed by atoms with Crippen LogP contribution in [0.15, 0.2) is 12.1 Å². The van der Waals surface area contributed by atoms with Gasteiger partial charge in [-0.05, 0) is 18.8 Å². The monoisotopic (exact) mass is 283 g/mol. The Bertz CT molecular complexity index is 540. The van der Waals surface area contributed by atoms with E-state index in [9.17, 15) is 19.3 Å². The molecule has 0 atom stereocenters. The summed E-state index contributed by atoms with van der Waals surface area (Å²) in [6.07, 6.45) is 4.18. The maximum Gasteiger partial charge on any atom is 0.338 e. The molecule has 1 N–H and O–H groups in total. The zero-order valence-corrected chi connectivity index (χ0v) is 10.7. The number of nitro benzene ring substituents is 1. The Balaban J connectivity index is 2.23. The molecule has 0 heterocycles. The minimum Gasteiger partial charge on any atom is -0.486 e. The van der Waals surface area contributed by atoms with Crippen molar-refractivity contribution >= 4 is 11.7 Å². The summed E-state index contributed by atoms with van der Waals surface area (Å²) in [7, 11) is 0. The highest BCUT2D eigenvalue weighted by molar-refractivity contribution is 5.89. The summed E-state index contributed by atoms with van der Waals surface area (Å²) in [5.74, 6) is -2.49. The van der Waals surface area contributed by atoms with E-state index in [2.05, 4.69) is 0 Å². The van der Waals surface area contributed by atoms with Gasteiger partial charge in [-0.1, -0.05) is 12.8 Å². The standard InChI is InChI=1S/C13H14FNO5/c14-10-6-12(20-7-8-3-1-2-4-8)11(15(18)19)5-9(10)13(16)17/h5-6,8H,1-4,7H2,(H,16,17). The Kier molecular flexibility index (Phi) is 4.16. The van der Waals surface area contributed by atoms with Crippen molar-refractivity contribution in [3.8, 4) is 5.75 Å². The molecule has 0 aromatic heterocycles. The first-order valence-corrected chi connectivity index (χ1v) is 6.33. The lowest BCUT2D eigenvalue weighted by Gasteiger charge is -2.12. The van der Waals surface area contributed by atoms with Gasteiger partial charge in [0.05, 0.1) is 11.5 Å². The molecule has 0 unspecified atom stereocenters. The van der Waals surface area contributed by atoms with E-state index in [4.69, 9.17) is 9.84 Å². The quantitative estimate of drug-likeness (QED) is 0.662. The molecule has 1 aromatic carbocycles. The van der Waals surface area contributed by atoms with Gasteiger partial charge in [0.15, 0.2) is 5.75 Å². The van der Waals surface area contributed by atoms with Crippen molar-refractivity contribution in [3.63, 3.8) is 0 Å². The molecule has 0 amide bonds. The fraction of sp³-hybridized carbons (Fsp3) is 0.462. The average molecular weight is 283 g/mol. The maximum absolute atomic E-state index is 13.6. The number of ether oxygens (including phenoxy) is 1. The average Bonchev–Trinajstić information content (AvgIpc) is 2.88. The molecule has 0 aliphatic heterocycles. The molecule has 6 nitrogen and oxygen atoms in total. The lowest BCUT2D eigenvalue weighted by Crippen LogP contribution is -2.10. The van der Waals surface area contributed by atoms with Crippen LogP contribution in [-0.4, -0.2) is 22.6 Å². The topological polar surface area (TPSA) is 89.7 Å². The summed E-state index contributed by atoms with van der Waals surface area (Å²) in [6.45, 7) is 0.284. The van der Waals surface area contributed by atoms with Crippen LogP contribution < -0.4 is 4.74 Å².